The van der Waals surface area contributed by atoms with Gasteiger partial charge >= 0.3 is 0 Å². The Morgan fingerprint density at radius 1 is 1.25 bits per heavy atom. The highest BCUT2D eigenvalue weighted by atomic mass is 16.1. The molecule has 2 aliphatic rings. The minimum absolute atomic E-state index is 0.342. The molecule has 3 rings (SSSR count). The Bertz CT molecular complexity index is 402. The lowest BCUT2D eigenvalue weighted by molar-refractivity contribution is 0.0971. The van der Waals surface area contributed by atoms with Gasteiger partial charge in [-0.2, -0.15) is 0 Å². The topological polar surface area (TPSA) is 34.0 Å². The van der Waals surface area contributed by atoms with E-state index in [2.05, 4.69) is 16.1 Å². The molecule has 0 unspecified atom stereocenters. The van der Waals surface area contributed by atoms with Crippen molar-refractivity contribution in [2.45, 2.75) is 38.1 Å². The van der Waals surface area contributed by atoms with E-state index in [-0.39, 0.29) is 0 Å². The van der Waals surface area contributed by atoms with Gasteiger partial charge in [0.05, 0.1) is 0 Å². The van der Waals surface area contributed by atoms with E-state index in [9.17, 15) is 4.79 Å². The average Bonchev–Trinajstić information content (AvgIpc) is 2.75. The highest BCUT2D eigenvalue weighted by molar-refractivity contribution is 5.98. The van der Waals surface area contributed by atoms with Gasteiger partial charge in [-0.1, -0.05) is 0 Å². The molecule has 1 saturated heterocycles. The van der Waals surface area contributed by atoms with Gasteiger partial charge in [0.2, 0.25) is 0 Å². The largest absolute Gasteiger partial charge is 0.348 e. The van der Waals surface area contributed by atoms with E-state index < -0.39 is 0 Å². The van der Waals surface area contributed by atoms with Gasteiger partial charge in [0, 0.05) is 29.9 Å². The van der Waals surface area contributed by atoms with Crippen LogP contribution in [-0.2, 0) is 6.42 Å². The molecule has 0 atom stereocenters. The van der Waals surface area contributed by atoms with E-state index in [0.29, 0.717) is 11.8 Å². The standard InChI is InChI=1S/C13H18N2O/c16-13-3-1-2-12-11(13)6-9-15(12)10-4-7-14-8-5-10/h6,9-10,14H,1-5,7-8H2. The Labute approximate surface area is 95.8 Å². The van der Waals surface area contributed by atoms with E-state index in [1.807, 2.05) is 6.07 Å². The molecule has 1 aliphatic carbocycles. The quantitative estimate of drug-likeness (QED) is 0.781. The maximum absolute atomic E-state index is 11.8. The summed E-state index contributed by atoms with van der Waals surface area (Å²) in [6.45, 7) is 2.21. The first kappa shape index (κ1) is 10.1. The molecule has 0 spiro atoms. The van der Waals surface area contributed by atoms with Crippen LogP contribution in [0.4, 0.5) is 0 Å². The molecule has 0 amide bonds. The molecule has 16 heavy (non-hydrogen) atoms. The molecule has 3 nitrogen and oxygen atoms in total. The Hall–Kier alpha value is -1.09. The first-order valence-electron chi connectivity index (χ1n) is 6.30. The van der Waals surface area contributed by atoms with Crippen LogP contribution in [0.1, 0.15) is 47.8 Å². The van der Waals surface area contributed by atoms with Crippen LogP contribution in [0.15, 0.2) is 12.3 Å². The van der Waals surface area contributed by atoms with Gasteiger partial charge in [0.15, 0.2) is 5.78 Å². The number of piperidine rings is 1. The second-order valence-electron chi connectivity index (χ2n) is 4.84. The summed E-state index contributed by atoms with van der Waals surface area (Å²) in [7, 11) is 0. The van der Waals surface area contributed by atoms with E-state index in [4.69, 9.17) is 0 Å². The van der Waals surface area contributed by atoms with Crippen molar-refractivity contribution in [3.05, 3.63) is 23.5 Å². The predicted octanol–water partition coefficient (Wildman–Crippen LogP) is 1.93. The van der Waals surface area contributed by atoms with Gasteiger partial charge < -0.3 is 9.88 Å². The van der Waals surface area contributed by atoms with Crippen molar-refractivity contribution in [3.8, 4) is 0 Å². The SMILES string of the molecule is O=C1CCCc2c1ccn2C1CCNCC1. The first-order valence-corrected chi connectivity index (χ1v) is 6.30. The molecule has 1 fully saturated rings. The van der Waals surface area contributed by atoms with Crippen LogP contribution in [0.25, 0.3) is 0 Å². The summed E-state index contributed by atoms with van der Waals surface area (Å²) in [5, 5.41) is 3.39. The highest BCUT2D eigenvalue weighted by Crippen LogP contribution is 2.28. The van der Waals surface area contributed by atoms with Crippen LogP contribution in [-0.4, -0.2) is 23.4 Å². The van der Waals surface area contributed by atoms with Crippen molar-refractivity contribution in [2.24, 2.45) is 0 Å². The number of hydrogen-bond donors (Lipinski definition) is 1. The number of aromatic nitrogens is 1. The molecule has 0 radical (unpaired) electrons. The maximum atomic E-state index is 11.8. The molecule has 1 N–H and O–H groups in total. The number of fused-ring (bicyclic) bond motifs is 1. The van der Waals surface area contributed by atoms with E-state index >= 15 is 0 Å². The van der Waals surface area contributed by atoms with Crippen molar-refractivity contribution >= 4 is 5.78 Å². The number of nitrogens with zero attached hydrogens (tertiary/aromatic N) is 1. The first-order chi connectivity index (χ1) is 7.86. The van der Waals surface area contributed by atoms with Gasteiger partial charge in [-0.15, -0.1) is 0 Å². The second-order valence-corrected chi connectivity index (χ2v) is 4.84. The molecule has 0 saturated carbocycles. The number of nitrogens with one attached hydrogen (secondary N) is 1. The maximum Gasteiger partial charge on any atom is 0.164 e. The second kappa shape index (κ2) is 4.06. The summed E-state index contributed by atoms with van der Waals surface area (Å²) in [6.07, 6.45) is 7.36. The van der Waals surface area contributed by atoms with Gasteiger partial charge in [-0.05, 0) is 44.8 Å². The fourth-order valence-electron chi connectivity index (χ4n) is 2.98. The Morgan fingerprint density at radius 3 is 2.88 bits per heavy atom. The molecular weight excluding hydrogens is 200 g/mol. The number of rotatable bonds is 1. The molecule has 1 aromatic heterocycles. The van der Waals surface area contributed by atoms with Gasteiger partial charge in [0.25, 0.3) is 0 Å². The predicted molar refractivity (Wildman–Crippen MR) is 62.8 cm³/mol. The van der Waals surface area contributed by atoms with Crippen LogP contribution >= 0.6 is 0 Å². The van der Waals surface area contributed by atoms with Gasteiger partial charge in [-0.3, -0.25) is 4.79 Å². The number of Topliss-reactive ketones (excluding diaryl/α,β-unsaturated/α-hetero) is 1. The minimum Gasteiger partial charge on any atom is -0.348 e. The molecule has 2 heterocycles. The third-order valence-electron chi connectivity index (χ3n) is 3.84. The van der Waals surface area contributed by atoms with E-state index in [1.54, 1.807) is 0 Å². The summed E-state index contributed by atoms with van der Waals surface area (Å²) in [5.41, 5.74) is 2.29. The molecule has 86 valence electrons. The van der Waals surface area contributed by atoms with E-state index in [0.717, 1.165) is 37.9 Å². The number of ketones is 1. The van der Waals surface area contributed by atoms with Crippen LogP contribution in [0.5, 0.6) is 0 Å². The zero-order chi connectivity index (χ0) is 11.0. The zero-order valence-corrected chi connectivity index (χ0v) is 9.54. The van der Waals surface area contributed by atoms with Crippen LogP contribution < -0.4 is 5.32 Å². The number of carbonyl (C=O) groups is 1. The smallest absolute Gasteiger partial charge is 0.164 e. The van der Waals surface area contributed by atoms with Crippen LogP contribution in [0, 0.1) is 0 Å². The molecule has 1 aromatic rings. The van der Waals surface area contributed by atoms with Crippen molar-refractivity contribution < 1.29 is 4.79 Å². The summed E-state index contributed by atoms with van der Waals surface area (Å²) >= 11 is 0. The summed E-state index contributed by atoms with van der Waals surface area (Å²) in [6, 6.07) is 2.63. The molecule has 0 bridgehead atoms. The number of hydrogen-bond acceptors (Lipinski definition) is 2. The van der Waals surface area contributed by atoms with Crippen LogP contribution in [0.2, 0.25) is 0 Å². The zero-order valence-electron chi connectivity index (χ0n) is 9.54. The fourth-order valence-corrected chi connectivity index (χ4v) is 2.98. The number of carbonyl (C=O) groups excluding carboxylic acids is 1. The highest BCUT2D eigenvalue weighted by Gasteiger charge is 2.24. The van der Waals surface area contributed by atoms with Crippen molar-refractivity contribution in [2.75, 3.05) is 13.1 Å². The Morgan fingerprint density at radius 2 is 2.06 bits per heavy atom. The lowest BCUT2D eigenvalue weighted by Gasteiger charge is -2.27. The third-order valence-corrected chi connectivity index (χ3v) is 3.84. The van der Waals surface area contributed by atoms with Crippen molar-refractivity contribution in [1.29, 1.82) is 0 Å². The lowest BCUT2D eigenvalue weighted by atomic mass is 9.96. The molecule has 0 aromatic carbocycles. The van der Waals surface area contributed by atoms with E-state index in [1.165, 1.54) is 18.5 Å². The molecule has 1 aliphatic heterocycles. The normalized spacial score (nSPS) is 22.1. The van der Waals surface area contributed by atoms with Crippen molar-refractivity contribution in [1.82, 2.24) is 9.88 Å². The minimum atomic E-state index is 0.342. The monoisotopic (exact) mass is 218 g/mol. The average molecular weight is 218 g/mol. The summed E-state index contributed by atoms with van der Waals surface area (Å²) in [4.78, 5) is 11.8. The van der Waals surface area contributed by atoms with Gasteiger partial charge in [0.1, 0.15) is 0 Å². The fraction of sp³-hybridized carbons (Fsp3) is 0.615. The molecular formula is C13H18N2O. The summed E-state index contributed by atoms with van der Waals surface area (Å²) in [5.74, 6) is 0.342. The van der Waals surface area contributed by atoms with Crippen LogP contribution in [0.3, 0.4) is 0 Å². The lowest BCUT2D eigenvalue weighted by Crippen LogP contribution is -2.30. The van der Waals surface area contributed by atoms with Crippen molar-refractivity contribution in [3.63, 3.8) is 0 Å². The summed E-state index contributed by atoms with van der Waals surface area (Å²) < 4.78 is 2.37. The molecule has 3 heteroatoms. The van der Waals surface area contributed by atoms with Gasteiger partial charge in [-0.25, -0.2) is 0 Å². The Kier molecular flexibility index (Phi) is 2.56. The third kappa shape index (κ3) is 1.59. The Balaban J connectivity index is 1.92.